The number of nitrogens with one attached hydrogen (secondary N) is 1. The van der Waals surface area contributed by atoms with E-state index in [0.29, 0.717) is 38.5 Å². The molecule has 1 fully saturated rings. The second-order valence-electron chi connectivity index (χ2n) is 5.35. The third kappa shape index (κ3) is 4.66. The fourth-order valence-corrected chi connectivity index (χ4v) is 2.44. The molecule has 1 atom stereocenters. The Morgan fingerprint density at radius 1 is 1.17 bits per heavy atom. The van der Waals surface area contributed by atoms with Crippen LogP contribution >= 0.6 is 0 Å². The van der Waals surface area contributed by atoms with Crippen LogP contribution < -0.4 is 5.32 Å². The first kappa shape index (κ1) is 17.2. The summed E-state index contributed by atoms with van der Waals surface area (Å²) in [4.78, 5) is 27.6. The number of amides is 3. The molecule has 0 aliphatic carbocycles. The predicted octanol–water partition coefficient (Wildman–Crippen LogP) is 1.93. The molecule has 126 valence electrons. The Balaban J connectivity index is 1.82. The van der Waals surface area contributed by atoms with Crippen molar-refractivity contribution in [1.29, 1.82) is 0 Å². The first-order valence-electron chi connectivity index (χ1n) is 7.73. The van der Waals surface area contributed by atoms with E-state index >= 15 is 0 Å². The summed E-state index contributed by atoms with van der Waals surface area (Å²) in [7, 11) is 0. The summed E-state index contributed by atoms with van der Waals surface area (Å²) in [5, 5.41) is 2.72. The number of anilines is 1. The van der Waals surface area contributed by atoms with Crippen LogP contribution in [0.3, 0.4) is 0 Å². The molecular weight excluding hydrogens is 301 g/mol. The Morgan fingerprint density at radius 2 is 1.74 bits per heavy atom. The highest BCUT2D eigenvalue weighted by Gasteiger charge is 2.27. The molecule has 1 saturated heterocycles. The van der Waals surface area contributed by atoms with Crippen LogP contribution in [0.5, 0.6) is 0 Å². The maximum Gasteiger partial charge on any atom is 0.321 e. The van der Waals surface area contributed by atoms with E-state index in [2.05, 4.69) is 5.32 Å². The van der Waals surface area contributed by atoms with Crippen molar-refractivity contribution in [2.45, 2.75) is 20.0 Å². The third-order valence-electron chi connectivity index (χ3n) is 3.74. The Hall–Kier alpha value is -2.15. The number of carbonyl (C=O) groups is 2. The molecule has 1 aromatic rings. The number of carbonyl (C=O) groups excluding carboxylic acids is 2. The van der Waals surface area contributed by atoms with Crippen LogP contribution in [-0.4, -0.2) is 60.6 Å². The molecule has 1 N–H and O–H groups in total. The van der Waals surface area contributed by atoms with Crippen LogP contribution in [0.25, 0.3) is 0 Å². The molecule has 1 heterocycles. The van der Waals surface area contributed by atoms with Gasteiger partial charge < -0.3 is 19.9 Å². The lowest BCUT2D eigenvalue weighted by Gasteiger charge is -2.35. The minimum Gasteiger partial charge on any atom is -0.369 e. The molecule has 1 aliphatic rings. The van der Waals surface area contributed by atoms with E-state index in [1.165, 1.54) is 24.3 Å². The monoisotopic (exact) mass is 323 g/mol. The van der Waals surface area contributed by atoms with E-state index in [4.69, 9.17) is 4.74 Å². The number of halogens is 1. The number of rotatable bonds is 4. The largest absolute Gasteiger partial charge is 0.369 e. The predicted molar refractivity (Wildman–Crippen MR) is 84.7 cm³/mol. The van der Waals surface area contributed by atoms with Crippen molar-refractivity contribution in [3.8, 4) is 0 Å². The van der Waals surface area contributed by atoms with E-state index in [0.717, 1.165) is 0 Å². The first-order valence-corrected chi connectivity index (χ1v) is 7.73. The summed E-state index contributed by atoms with van der Waals surface area (Å²) in [5.41, 5.74) is 0.542. The average Bonchev–Trinajstić information content (AvgIpc) is 2.56. The van der Waals surface area contributed by atoms with E-state index < -0.39 is 6.10 Å². The van der Waals surface area contributed by atoms with Gasteiger partial charge in [0.25, 0.3) is 5.91 Å². The second kappa shape index (κ2) is 7.92. The maximum atomic E-state index is 12.8. The summed E-state index contributed by atoms with van der Waals surface area (Å²) in [6, 6.07) is 5.36. The quantitative estimate of drug-likeness (QED) is 0.921. The Morgan fingerprint density at radius 3 is 2.30 bits per heavy atom. The van der Waals surface area contributed by atoms with Crippen LogP contribution in [0.15, 0.2) is 24.3 Å². The van der Waals surface area contributed by atoms with Crippen molar-refractivity contribution in [1.82, 2.24) is 9.80 Å². The van der Waals surface area contributed by atoms with Crippen LogP contribution in [0, 0.1) is 5.82 Å². The molecule has 7 heteroatoms. The highest BCUT2D eigenvalue weighted by atomic mass is 19.1. The third-order valence-corrected chi connectivity index (χ3v) is 3.74. The summed E-state index contributed by atoms with van der Waals surface area (Å²) in [6.07, 6.45) is -0.459. The van der Waals surface area contributed by atoms with Gasteiger partial charge in [-0.3, -0.25) is 4.79 Å². The van der Waals surface area contributed by atoms with Gasteiger partial charge in [-0.1, -0.05) is 0 Å². The summed E-state index contributed by atoms with van der Waals surface area (Å²) < 4.78 is 18.2. The van der Waals surface area contributed by atoms with Crippen molar-refractivity contribution >= 4 is 17.6 Å². The van der Waals surface area contributed by atoms with Gasteiger partial charge in [-0.15, -0.1) is 0 Å². The average molecular weight is 323 g/mol. The van der Waals surface area contributed by atoms with E-state index in [9.17, 15) is 14.0 Å². The Labute approximate surface area is 135 Å². The maximum absolute atomic E-state index is 12.8. The fraction of sp³-hybridized carbons (Fsp3) is 0.500. The molecule has 2 rings (SSSR count). The van der Waals surface area contributed by atoms with Crippen molar-refractivity contribution in [2.24, 2.45) is 0 Å². The lowest BCUT2D eigenvalue weighted by Crippen LogP contribution is -2.53. The van der Waals surface area contributed by atoms with Crippen LogP contribution in [-0.2, 0) is 9.53 Å². The van der Waals surface area contributed by atoms with Crippen LogP contribution in [0.2, 0.25) is 0 Å². The number of ether oxygens (including phenoxy) is 1. The molecular formula is C16H22FN3O3. The van der Waals surface area contributed by atoms with Gasteiger partial charge in [0.1, 0.15) is 11.9 Å². The molecule has 0 spiro atoms. The Kier molecular flexibility index (Phi) is 5.92. The highest BCUT2D eigenvalue weighted by molar-refractivity contribution is 5.89. The molecule has 3 amide bonds. The van der Waals surface area contributed by atoms with Gasteiger partial charge in [0.05, 0.1) is 0 Å². The fourth-order valence-electron chi connectivity index (χ4n) is 2.44. The summed E-state index contributed by atoms with van der Waals surface area (Å²) in [6.45, 7) is 5.95. The van der Waals surface area contributed by atoms with Crippen LogP contribution in [0.1, 0.15) is 13.8 Å². The zero-order chi connectivity index (χ0) is 16.8. The number of hydrogen-bond acceptors (Lipinski definition) is 3. The number of benzene rings is 1. The second-order valence-corrected chi connectivity index (χ2v) is 5.35. The lowest BCUT2D eigenvalue weighted by atomic mass is 10.2. The number of hydrogen-bond donors (Lipinski definition) is 1. The van der Waals surface area contributed by atoms with Gasteiger partial charge in [-0.2, -0.15) is 0 Å². The van der Waals surface area contributed by atoms with Gasteiger partial charge in [-0.25, -0.2) is 9.18 Å². The molecule has 0 unspecified atom stereocenters. The van der Waals surface area contributed by atoms with Crippen molar-refractivity contribution in [3.63, 3.8) is 0 Å². The van der Waals surface area contributed by atoms with Gasteiger partial charge in [0.2, 0.25) is 0 Å². The minimum atomic E-state index is -0.459. The molecule has 1 aromatic carbocycles. The SMILES string of the molecule is CCO[C@H](C)C(=O)N1CCN(C(=O)Nc2ccc(F)cc2)CC1. The van der Waals surface area contributed by atoms with Crippen LogP contribution in [0.4, 0.5) is 14.9 Å². The van der Waals surface area contributed by atoms with Crippen molar-refractivity contribution < 1.29 is 18.7 Å². The van der Waals surface area contributed by atoms with E-state index in [-0.39, 0.29) is 17.8 Å². The van der Waals surface area contributed by atoms with E-state index in [1.807, 2.05) is 6.92 Å². The van der Waals surface area contributed by atoms with Crippen molar-refractivity contribution in [2.75, 3.05) is 38.1 Å². The van der Waals surface area contributed by atoms with Gasteiger partial charge in [-0.05, 0) is 38.1 Å². The number of nitrogens with zero attached hydrogens (tertiary/aromatic N) is 2. The highest BCUT2D eigenvalue weighted by Crippen LogP contribution is 2.11. The van der Waals surface area contributed by atoms with Gasteiger partial charge >= 0.3 is 6.03 Å². The smallest absolute Gasteiger partial charge is 0.321 e. The van der Waals surface area contributed by atoms with E-state index in [1.54, 1.807) is 16.7 Å². The molecule has 0 saturated carbocycles. The molecule has 23 heavy (non-hydrogen) atoms. The van der Waals surface area contributed by atoms with Gasteiger partial charge in [0, 0.05) is 38.5 Å². The summed E-state index contributed by atoms with van der Waals surface area (Å²) in [5.74, 6) is -0.399. The van der Waals surface area contributed by atoms with Gasteiger partial charge in [0.15, 0.2) is 0 Å². The summed E-state index contributed by atoms with van der Waals surface area (Å²) >= 11 is 0. The molecule has 0 bridgehead atoms. The number of piperazine rings is 1. The van der Waals surface area contributed by atoms with Crippen molar-refractivity contribution in [3.05, 3.63) is 30.1 Å². The Bertz CT molecular complexity index is 542. The number of urea groups is 1. The minimum absolute atomic E-state index is 0.0505. The molecule has 1 aliphatic heterocycles. The standard InChI is InChI=1S/C16H22FN3O3/c1-3-23-12(2)15(21)19-8-10-20(11-9-19)16(22)18-14-6-4-13(17)5-7-14/h4-7,12H,3,8-11H2,1-2H3,(H,18,22)/t12-/m1/s1. The topological polar surface area (TPSA) is 61.9 Å². The molecule has 0 radical (unpaired) electrons. The molecule has 0 aromatic heterocycles. The zero-order valence-electron chi connectivity index (χ0n) is 13.4. The zero-order valence-corrected chi connectivity index (χ0v) is 13.4. The normalized spacial score (nSPS) is 16.1. The molecule has 6 nitrogen and oxygen atoms in total. The lowest BCUT2D eigenvalue weighted by molar-refractivity contribution is -0.143. The first-order chi connectivity index (χ1) is 11.0.